The number of rotatable bonds is 36. The minimum atomic E-state index is -4.60. The summed E-state index contributed by atoms with van der Waals surface area (Å²) in [6.45, 7) is 3.68. The second-order valence-electron chi connectivity index (χ2n) is 15.4. The predicted octanol–water partition coefficient (Wildman–Crippen LogP) is 8.61. The number of esters is 2. The zero-order valence-electron chi connectivity index (χ0n) is 35.2. The van der Waals surface area contributed by atoms with Crippen LogP contribution in [0.1, 0.15) is 174 Å². The van der Waals surface area contributed by atoms with Crippen molar-refractivity contribution in [1.82, 2.24) is 0 Å². The number of ether oxygens (including phenoxy) is 4. The van der Waals surface area contributed by atoms with Gasteiger partial charge in [-0.25, -0.2) is 0 Å². The van der Waals surface area contributed by atoms with E-state index in [1.54, 1.807) is 0 Å². The van der Waals surface area contributed by atoms with Crippen LogP contribution in [0.5, 0.6) is 0 Å². The van der Waals surface area contributed by atoms with Crippen molar-refractivity contribution in [3.63, 3.8) is 0 Å². The number of allylic oxidation sites excluding steroid dienone is 6. The number of aliphatic hydroxyl groups excluding tert-OH is 3. The summed E-state index contributed by atoms with van der Waals surface area (Å²) in [6.07, 6.45) is 29.2. The molecule has 6 atom stereocenters. The fourth-order valence-corrected chi connectivity index (χ4v) is 7.17. The van der Waals surface area contributed by atoms with Crippen molar-refractivity contribution < 1.29 is 56.8 Å². The van der Waals surface area contributed by atoms with Crippen LogP contribution in [0, 0.1) is 0 Å². The molecule has 0 amide bonds. The summed E-state index contributed by atoms with van der Waals surface area (Å²) in [7, 11) is -4.60. The highest BCUT2D eigenvalue weighted by Crippen LogP contribution is 2.24. The molecule has 332 valence electrons. The van der Waals surface area contributed by atoms with Crippen LogP contribution < -0.4 is 0 Å². The number of hydrogen-bond acceptors (Lipinski definition) is 11. The monoisotopic (exact) mass is 831 g/mol. The van der Waals surface area contributed by atoms with Crippen molar-refractivity contribution in [2.24, 2.45) is 0 Å². The Labute approximate surface area is 344 Å². The van der Waals surface area contributed by atoms with E-state index in [2.05, 4.69) is 44.2 Å². The van der Waals surface area contributed by atoms with Crippen LogP contribution in [0.4, 0.5) is 0 Å². The van der Waals surface area contributed by atoms with Crippen molar-refractivity contribution in [2.75, 3.05) is 19.0 Å². The highest BCUT2D eigenvalue weighted by molar-refractivity contribution is 7.85. The Hall–Kier alpha value is -2.13. The van der Waals surface area contributed by atoms with E-state index in [-0.39, 0.29) is 19.4 Å². The molecule has 0 aromatic heterocycles. The molecule has 1 aliphatic heterocycles. The van der Waals surface area contributed by atoms with Gasteiger partial charge in [-0.1, -0.05) is 134 Å². The standard InChI is InChI=1S/C44H78O12S/c1-3-5-7-9-11-13-15-17-18-19-20-21-23-24-26-28-30-32-39(45)53-34-37(35-54-44-43(49)42(48)41(47)38(56-44)36-57(50,51)52)55-40(46)33-31-29-27-25-22-16-14-12-10-8-6-4-2/h12,14,20-21,24,26,37-38,41-44,47-49H,3-11,13,15-19,22-23,25,27-36H2,1-2H3,(H,50,51,52)/b14-12+,21-20+,26-24+/t37-,38-,41-,42?,43?,44+/m1/s1. The average molecular weight is 831 g/mol. The fraction of sp³-hybridized carbons (Fsp3) is 0.818. The van der Waals surface area contributed by atoms with E-state index in [1.165, 1.54) is 77.0 Å². The lowest BCUT2D eigenvalue weighted by Crippen LogP contribution is -2.60. The Kier molecular flexibility index (Phi) is 32.2. The lowest BCUT2D eigenvalue weighted by atomic mass is 10.00. The van der Waals surface area contributed by atoms with Gasteiger partial charge in [0.25, 0.3) is 10.1 Å². The molecular formula is C44H78O12S. The van der Waals surface area contributed by atoms with Gasteiger partial charge >= 0.3 is 11.9 Å². The highest BCUT2D eigenvalue weighted by Gasteiger charge is 2.46. The van der Waals surface area contributed by atoms with Crippen molar-refractivity contribution in [1.29, 1.82) is 0 Å². The van der Waals surface area contributed by atoms with Gasteiger partial charge in [0.2, 0.25) is 0 Å². The summed E-state index contributed by atoms with van der Waals surface area (Å²) in [5, 5.41) is 30.8. The van der Waals surface area contributed by atoms with Crippen molar-refractivity contribution in [3.05, 3.63) is 36.5 Å². The summed E-state index contributed by atoms with van der Waals surface area (Å²) in [5.74, 6) is -2.05. The fourth-order valence-electron chi connectivity index (χ4n) is 6.47. The van der Waals surface area contributed by atoms with Gasteiger partial charge in [-0.3, -0.25) is 14.1 Å². The molecule has 0 radical (unpaired) electrons. The maximum Gasteiger partial charge on any atom is 0.306 e. The number of carbonyl (C=O) groups excluding carboxylic acids is 2. The summed E-state index contributed by atoms with van der Waals surface area (Å²) in [5.41, 5.74) is 0. The molecule has 2 unspecified atom stereocenters. The van der Waals surface area contributed by atoms with Gasteiger partial charge in [0.1, 0.15) is 36.8 Å². The molecule has 0 aromatic carbocycles. The molecule has 57 heavy (non-hydrogen) atoms. The first-order valence-corrected chi connectivity index (χ1v) is 23.7. The van der Waals surface area contributed by atoms with E-state index in [0.29, 0.717) is 19.3 Å². The first kappa shape index (κ1) is 52.9. The number of carbonyl (C=O) groups is 2. The molecular weight excluding hydrogens is 753 g/mol. The van der Waals surface area contributed by atoms with Gasteiger partial charge in [0.05, 0.1) is 6.61 Å². The summed E-state index contributed by atoms with van der Waals surface area (Å²) in [4.78, 5) is 25.3. The Morgan fingerprint density at radius 2 is 1.07 bits per heavy atom. The Morgan fingerprint density at radius 1 is 0.596 bits per heavy atom. The van der Waals surface area contributed by atoms with Gasteiger partial charge in [-0.2, -0.15) is 8.42 Å². The summed E-state index contributed by atoms with van der Waals surface area (Å²) in [6, 6.07) is 0. The second kappa shape index (κ2) is 34.7. The zero-order valence-corrected chi connectivity index (χ0v) is 36.0. The lowest BCUT2D eigenvalue weighted by Gasteiger charge is -2.40. The molecule has 1 rings (SSSR count). The third-order valence-electron chi connectivity index (χ3n) is 9.94. The molecule has 12 nitrogen and oxygen atoms in total. The highest BCUT2D eigenvalue weighted by atomic mass is 32.2. The predicted molar refractivity (Wildman–Crippen MR) is 224 cm³/mol. The van der Waals surface area contributed by atoms with Crippen molar-refractivity contribution in [3.8, 4) is 0 Å². The topological polar surface area (TPSA) is 186 Å². The van der Waals surface area contributed by atoms with E-state index in [1.807, 2.05) is 6.08 Å². The minimum Gasteiger partial charge on any atom is -0.462 e. The molecule has 0 aliphatic carbocycles. The maximum atomic E-state index is 12.8. The maximum absolute atomic E-state index is 12.8. The molecule has 0 aromatic rings. The van der Waals surface area contributed by atoms with Crippen LogP contribution in [0.25, 0.3) is 0 Å². The van der Waals surface area contributed by atoms with E-state index >= 15 is 0 Å². The third kappa shape index (κ3) is 29.7. The molecule has 1 aliphatic rings. The SMILES string of the molecule is CCCCC/C=C/CCCCCCCC(=O)O[C@H](COC(=O)CCC/C=C/C/C=C/CCCCCCCCCCC)CO[C@H]1O[C@H](CS(=O)(=O)O)[C@@H](O)C(O)C1O. The Bertz CT molecular complexity index is 1200. The van der Waals surface area contributed by atoms with E-state index in [4.69, 9.17) is 18.9 Å². The van der Waals surface area contributed by atoms with Crippen LogP contribution >= 0.6 is 0 Å². The number of unbranched alkanes of at least 4 members (excludes halogenated alkanes) is 18. The van der Waals surface area contributed by atoms with Crippen LogP contribution in [-0.2, 0) is 38.7 Å². The van der Waals surface area contributed by atoms with Crippen molar-refractivity contribution >= 4 is 22.1 Å². The lowest BCUT2D eigenvalue weighted by molar-refractivity contribution is -0.297. The molecule has 4 N–H and O–H groups in total. The van der Waals surface area contributed by atoms with Crippen molar-refractivity contribution in [2.45, 2.75) is 211 Å². The molecule has 13 heteroatoms. The van der Waals surface area contributed by atoms with Crippen LogP contribution in [0.15, 0.2) is 36.5 Å². The van der Waals surface area contributed by atoms with Crippen LogP contribution in [0.3, 0.4) is 0 Å². The Balaban J connectivity index is 2.49. The number of aliphatic hydroxyl groups is 3. The third-order valence-corrected chi connectivity index (χ3v) is 10.7. The van der Waals surface area contributed by atoms with Gasteiger partial charge < -0.3 is 34.3 Å². The number of hydrogen-bond donors (Lipinski definition) is 4. The van der Waals surface area contributed by atoms with E-state index in [9.17, 15) is 37.9 Å². The molecule has 0 saturated carbocycles. The zero-order chi connectivity index (χ0) is 42.0. The van der Waals surface area contributed by atoms with Gasteiger partial charge in [-0.15, -0.1) is 0 Å². The minimum absolute atomic E-state index is 0.145. The van der Waals surface area contributed by atoms with Crippen LogP contribution in [0.2, 0.25) is 0 Å². The molecule has 1 saturated heterocycles. The first-order valence-electron chi connectivity index (χ1n) is 22.0. The van der Waals surface area contributed by atoms with Gasteiger partial charge in [-0.05, 0) is 64.2 Å². The molecule has 0 bridgehead atoms. The molecule has 1 fully saturated rings. The summed E-state index contributed by atoms with van der Waals surface area (Å²) < 4.78 is 53.9. The average Bonchev–Trinajstić information content (AvgIpc) is 3.17. The van der Waals surface area contributed by atoms with E-state index in [0.717, 1.165) is 51.4 Å². The molecule has 1 heterocycles. The smallest absolute Gasteiger partial charge is 0.306 e. The van der Waals surface area contributed by atoms with E-state index < -0.39 is 71.2 Å². The first-order chi connectivity index (χ1) is 27.5. The second-order valence-corrected chi connectivity index (χ2v) is 16.9. The largest absolute Gasteiger partial charge is 0.462 e. The summed E-state index contributed by atoms with van der Waals surface area (Å²) >= 11 is 0. The van der Waals surface area contributed by atoms with Gasteiger partial charge in [0, 0.05) is 12.8 Å². The van der Waals surface area contributed by atoms with Gasteiger partial charge in [0.15, 0.2) is 12.4 Å². The quantitative estimate of drug-likeness (QED) is 0.0204. The Morgan fingerprint density at radius 3 is 1.65 bits per heavy atom. The molecule has 0 spiro atoms. The normalized spacial score (nSPS) is 20.8. The van der Waals surface area contributed by atoms with Crippen LogP contribution in [-0.4, -0.2) is 96.0 Å².